The first-order chi connectivity index (χ1) is 20.3. The van der Waals surface area contributed by atoms with Crippen molar-refractivity contribution in [1.29, 1.82) is 0 Å². The lowest BCUT2D eigenvalue weighted by atomic mass is 9.88. The lowest BCUT2D eigenvalue weighted by Crippen LogP contribution is -2.52. The van der Waals surface area contributed by atoms with Crippen molar-refractivity contribution in [3.8, 4) is 5.75 Å². The van der Waals surface area contributed by atoms with E-state index < -0.39 is 22.0 Å². The Morgan fingerprint density at radius 1 is 1.05 bits per heavy atom. The molecule has 2 fully saturated rings. The summed E-state index contributed by atoms with van der Waals surface area (Å²) < 4.78 is 43.2. The second-order valence-electron chi connectivity index (χ2n) is 11.8. The van der Waals surface area contributed by atoms with Crippen molar-refractivity contribution in [2.75, 3.05) is 39.5 Å². The lowest BCUT2D eigenvalue weighted by Gasteiger charge is -2.41. The van der Waals surface area contributed by atoms with Crippen LogP contribution in [0, 0.1) is 5.92 Å². The Morgan fingerprint density at radius 2 is 1.83 bits per heavy atom. The maximum atomic E-state index is 14.2. The van der Waals surface area contributed by atoms with E-state index in [1.54, 1.807) is 16.4 Å². The van der Waals surface area contributed by atoms with Gasteiger partial charge in [-0.05, 0) is 79.8 Å². The number of ether oxygens (including phenoxy) is 2. The summed E-state index contributed by atoms with van der Waals surface area (Å²) in [5, 5.41) is 5.06. The van der Waals surface area contributed by atoms with Gasteiger partial charge in [0.25, 0.3) is 0 Å². The number of amides is 1. The van der Waals surface area contributed by atoms with E-state index >= 15 is 0 Å². The van der Waals surface area contributed by atoms with E-state index in [1.165, 1.54) is 0 Å². The van der Waals surface area contributed by atoms with E-state index in [-0.39, 0.29) is 16.8 Å². The van der Waals surface area contributed by atoms with Gasteiger partial charge in [-0.1, -0.05) is 19.1 Å². The number of nitrogens with zero attached hydrogens (tertiary/aromatic N) is 3. The Morgan fingerprint density at radius 3 is 2.64 bits per heavy atom. The van der Waals surface area contributed by atoms with Crippen molar-refractivity contribution < 1.29 is 22.7 Å². The second-order valence-corrected chi connectivity index (χ2v) is 13.6. The van der Waals surface area contributed by atoms with Crippen LogP contribution in [-0.4, -0.2) is 79.6 Å². The highest BCUT2D eigenvalue weighted by molar-refractivity contribution is 7.89. The van der Waals surface area contributed by atoms with E-state index in [4.69, 9.17) is 9.47 Å². The molecule has 10 heteroatoms. The van der Waals surface area contributed by atoms with Gasteiger partial charge in [-0.25, -0.2) is 8.42 Å². The minimum Gasteiger partial charge on any atom is -0.494 e. The number of morpholine rings is 1. The van der Waals surface area contributed by atoms with Gasteiger partial charge in [-0.15, -0.1) is 0 Å². The van der Waals surface area contributed by atoms with Crippen LogP contribution in [-0.2, 0) is 26.1 Å². The molecule has 4 atom stereocenters. The molecule has 226 valence electrons. The zero-order valence-corrected chi connectivity index (χ0v) is 25.4. The molecule has 0 bridgehead atoms. The number of rotatable bonds is 8. The summed E-state index contributed by atoms with van der Waals surface area (Å²) in [5.74, 6) is 0.0997. The zero-order valence-electron chi connectivity index (χ0n) is 24.6. The van der Waals surface area contributed by atoms with Crippen LogP contribution in [0.4, 0.5) is 0 Å². The number of sulfonamides is 1. The SMILES string of the molecule is CCOc1ccc2cc(S(=O)(=O)N3CCn4cccc4C3C(C)C(=O)NC3CCCC(N4CCOCC4)C3)ccc2c1. The van der Waals surface area contributed by atoms with Gasteiger partial charge in [0, 0.05) is 50.2 Å². The Hall–Kier alpha value is -2.92. The summed E-state index contributed by atoms with van der Waals surface area (Å²) in [6.07, 6.45) is 6.05. The predicted octanol–water partition coefficient (Wildman–Crippen LogP) is 4.18. The molecule has 42 heavy (non-hydrogen) atoms. The second kappa shape index (κ2) is 12.4. The third-order valence-electron chi connectivity index (χ3n) is 9.18. The summed E-state index contributed by atoms with van der Waals surface area (Å²) in [4.78, 5) is 16.5. The molecule has 1 aliphatic carbocycles. The monoisotopic (exact) mass is 594 g/mol. The van der Waals surface area contributed by atoms with E-state index in [2.05, 4.69) is 14.8 Å². The molecule has 1 saturated carbocycles. The molecule has 1 aromatic heterocycles. The lowest BCUT2D eigenvalue weighted by molar-refractivity contribution is -0.127. The van der Waals surface area contributed by atoms with E-state index in [1.807, 2.05) is 56.4 Å². The largest absolute Gasteiger partial charge is 0.494 e. The van der Waals surface area contributed by atoms with Crippen LogP contribution in [0.2, 0.25) is 0 Å². The molecule has 0 radical (unpaired) electrons. The molecule has 6 rings (SSSR count). The smallest absolute Gasteiger partial charge is 0.243 e. The third-order valence-corrected chi connectivity index (χ3v) is 11.1. The van der Waals surface area contributed by atoms with Crippen LogP contribution in [0.25, 0.3) is 10.8 Å². The topological polar surface area (TPSA) is 93.1 Å². The summed E-state index contributed by atoms with van der Waals surface area (Å²) in [5.41, 5.74) is 0.851. The molecule has 3 aromatic rings. The summed E-state index contributed by atoms with van der Waals surface area (Å²) in [6, 6.07) is 14.7. The quantitative estimate of drug-likeness (QED) is 0.421. The maximum Gasteiger partial charge on any atom is 0.243 e. The van der Waals surface area contributed by atoms with Crippen molar-refractivity contribution in [2.45, 2.75) is 69.1 Å². The molecule has 9 nitrogen and oxygen atoms in total. The normalized spacial score (nSPS) is 24.7. The average molecular weight is 595 g/mol. The first kappa shape index (κ1) is 29.2. The van der Waals surface area contributed by atoms with Gasteiger partial charge in [-0.3, -0.25) is 9.69 Å². The van der Waals surface area contributed by atoms with Gasteiger partial charge in [0.1, 0.15) is 5.75 Å². The first-order valence-electron chi connectivity index (χ1n) is 15.3. The highest BCUT2D eigenvalue weighted by Crippen LogP contribution is 2.38. The number of hydrogen-bond donors (Lipinski definition) is 1. The van der Waals surface area contributed by atoms with E-state index in [0.29, 0.717) is 25.7 Å². The number of aromatic nitrogens is 1. The number of carbonyl (C=O) groups is 1. The van der Waals surface area contributed by atoms with Gasteiger partial charge in [0.2, 0.25) is 15.9 Å². The summed E-state index contributed by atoms with van der Waals surface area (Å²) >= 11 is 0. The van der Waals surface area contributed by atoms with Crippen molar-refractivity contribution in [3.63, 3.8) is 0 Å². The summed E-state index contributed by atoms with van der Waals surface area (Å²) in [6.45, 7) is 8.62. The van der Waals surface area contributed by atoms with Crippen molar-refractivity contribution in [3.05, 3.63) is 60.4 Å². The van der Waals surface area contributed by atoms with Gasteiger partial charge in [-0.2, -0.15) is 4.31 Å². The van der Waals surface area contributed by atoms with Crippen LogP contribution in [0.5, 0.6) is 5.75 Å². The van der Waals surface area contributed by atoms with Crippen molar-refractivity contribution in [1.82, 2.24) is 19.1 Å². The maximum absolute atomic E-state index is 14.2. The third kappa shape index (κ3) is 5.82. The zero-order chi connectivity index (χ0) is 29.3. The highest BCUT2D eigenvalue weighted by atomic mass is 32.2. The molecule has 2 aromatic carbocycles. The van der Waals surface area contributed by atoms with Crippen LogP contribution >= 0.6 is 0 Å². The Balaban J connectivity index is 1.23. The minimum absolute atomic E-state index is 0.0871. The number of benzene rings is 2. The molecule has 2 aliphatic heterocycles. The van der Waals surface area contributed by atoms with E-state index in [0.717, 1.165) is 74.2 Å². The molecule has 0 spiro atoms. The molecule has 1 N–H and O–H groups in total. The molecule has 1 saturated heterocycles. The predicted molar refractivity (Wildman–Crippen MR) is 162 cm³/mol. The van der Waals surface area contributed by atoms with Gasteiger partial charge < -0.3 is 19.4 Å². The van der Waals surface area contributed by atoms with Crippen molar-refractivity contribution >= 4 is 26.7 Å². The standard InChI is InChI=1S/C32H42N4O5S/c1-3-41-28-11-9-25-21-29(12-10-24(25)20-28)42(38,39)36-15-14-35-13-5-8-30(35)31(36)23(2)32(37)33-26-6-4-7-27(22-26)34-16-18-40-19-17-34/h5,8-13,20-21,23,26-27,31H,3-4,6-7,14-19,22H2,1-2H3,(H,33,37). The van der Waals surface area contributed by atoms with E-state index in [9.17, 15) is 13.2 Å². The van der Waals surface area contributed by atoms with Crippen LogP contribution < -0.4 is 10.1 Å². The average Bonchev–Trinajstić information content (AvgIpc) is 3.50. The van der Waals surface area contributed by atoms with Crippen LogP contribution in [0.15, 0.2) is 59.6 Å². The van der Waals surface area contributed by atoms with Crippen LogP contribution in [0.1, 0.15) is 51.3 Å². The summed E-state index contributed by atoms with van der Waals surface area (Å²) in [7, 11) is -3.89. The molecule has 3 aliphatic rings. The van der Waals surface area contributed by atoms with Gasteiger partial charge >= 0.3 is 0 Å². The Kier molecular flexibility index (Phi) is 8.58. The number of carbonyl (C=O) groups excluding carboxylic acids is 1. The Bertz CT molecular complexity index is 1520. The van der Waals surface area contributed by atoms with Crippen LogP contribution in [0.3, 0.4) is 0 Å². The van der Waals surface area contributed by atoms with Gasteiger partial charge in [0.05, 0.1) is 36.7 Å². The molecule has 1 amide bonds. The molecule has 3 heterocycles. The molecule has 4 unspecified atom stereocenters. The van der Waals surface area contributed by atoms with Crippen molar-refractivity contribution in [2.24, 2.45) is 5.92 Å². The fraction of sp³-hybridized carbons (Fsp3) is 0.531. The number of fused-ring (bicyclic) bond motifs is 2. The molecular formula is C32H42N4O5S. The Labute approximate surface area is 248 Å². The number of hydrogen-bond acceptors (Lipinski definition) is 6. The molecular weight excluding hydrogens is 552 g/mol. The number of nitrogens with one attached hydrogen (secondary N) is 1. The fourth-order valence-corrected chi connectivity index (χ4v) is 8.67. The first-order valence-corrected chi connectivity index (χ1v) is 16.7. The minimum atomic E-state index is -3.89. The van der Waals surface area contributed by atoms with Gasteiger partial charge in [0.15, 0.2) is 0 Å². The fourth-order valence-electron chi connectivity index (χ4n) is 6.97. The highest BCUT2D eigenvalue weighted by Gasteiger charge is 2.42.